The Hall–Kier alpha value is -3.48. The SMILES string of the molecule is O=C(O)CNC(=O)C1C(=O)[C@@H]2CCCC[C@@H]2N(Cc2ccc(-c3ccccc3)cc2)C1=O. The Morgan fingerprint density at radius 1 is 0.938 bits per heavy atom. The minimum absolute atomic E-state index is 0.221. The minimum atomic E-state index is -1.47. The van der Waals surface area contributed by atoms with Crippen LogP contribution in [-0.4, -0.2) is 46.2 Å². The summed E-state index contributed by atoms with van der Waals surface area (Å²) in [6, 6.07) is 17.7. The molecule has 32 heavy (non-hydrogen) atoms. The third-order valence-electron chi connectivity index (χ3n) is 6.40. The molecule has 1 heterocycles. The van der Waals surface area contributed by atoms with Gasteiger partial charge in [0.2, 0.25) is 11.8 Å². The van der Waals surface area contributed by atoms with Gasteiger partial charge in [-0.05, 0) is 29.5 Å². The molecule has 2 aromatic rings. The lowest BCUT2D eigenvalue weighted by atomic mass is 9.73. The number of amides is 2. The molecule has 3 atom stereocenters. The van der Waals surface area contributed by atoms with E-state index in [1.54, 1.807) is 4.90 Å². The number of likely N-dealkylation sites (tertiary alicyclic amines) is 1. The Bertz CT molecular complexity index is 1020. The van der Waals surface area contributed by atoms with Crippen LogP contribution >= 0.6 is 0 Å². The Morgan fingerprint density at radius 2 is 1.59 bits per heavy atom. The highest BCUT2D eigenvalue weighted by atomic mass is 16.4. The van der Waals surface area contributed by atoms with Crippen molar-refractivity contribution in [2.24, 2.45) is 11.8 Å². The maximum absolute atomic E-state index is 13.3. The van der Waals surface area contributed by atoms with Crippen molar-refractivity contribution in [3.63, 3.8) is 0 Å². The van der Waals surface area contributed by atoms with E-state index in [-0.39, 0.29) is 17.7 Å². The smallest absolute Gasteiger partial charge is 0.322 e. The van der Waals surface area contributed by atoms with Gasteiger partial charge in [-0.15, -0.1) is 0 Å². The molecular formula is C25H26N2O5. The predicted octanol–water partition coefficient (Wildman–Crippen LogP) is 2.64. The maximum Gasteiger partial charge on any atom is 0.322 e. The van der Waals surface area contributed by atoms with E-state index in [2.05, 4.69) is 5.32 Å². The first kappa shape index (κ1) is 21.7. The summed E-state index contributed by atoms with van der Waals surface area (Å²) in [4.78, 5) is 51.3. The standard InChI is InChI=1S/C25H26N2O5/c28-21(29)14-26-24(31)22-23(30)19-8-4-5-9-20(19)27(25(22)32)15-16-10-12-18(13-11-16)17-6-2-1-3-7-17/h1-3,6-7,10-13,19-20,22H,4-5,8-9,14-15H2,(H,26,31)(H,28,29)/t19-,20+,22?/m1/s1. The third-order valence-corrected chi connectivity index (χ3v) is 6.40. The third kappa shape index (κ3) is 4.42. The van der Waals surface area contributed by atoms with E-state index in [4.69, 9.17) is 5.11 Å². The zero-order valence-corrected chi connectivity index (χ0v) is 17.7. The molecule has 0 spiro atoms. The van der Waals surface area contributed by atoms with Crippen LogP contribution in [-0.2, 0) is 25.7 Å². The van der Waals surface area contributed by atoms with E-state index in [1.807, 2.05) is 54.6 Å². The summed E-state index contributed by atoms with van der Waals surface area (Å²) in [6.07, 6.45) is 3.18. The lowest BCUT2D eigenvalue weighted by molar-refractivity contribution is -0.160. The number of nitrogens with zero attached hydrogens (tertiary/aromatic N) is 1. The zero-order valence-electron chi connectivity index (χ0n) is 17.7. The van der Waals surface area contributed by atoms with Gasteiger partial charge in [-0.2, -0.15) is 0 Å². The summed E-state index contributed by atoms with van der Waals surface area (Å²) >= 11 is 0. The molecule has 2 fully saturated rings. The largest absolute Gasteiger partial charge is 0.480 e. The van der Waals surface area contributed by atoms with Gasteiger partial charge < -0.3 is 15.3 Å². The molecule has 0 radical (unpaired) electrons. The van der Waals surface area contributed by atoms with Gasteiger partial charge in [0.15, 0.2) is 11.7 Å². The molecule has 7 heteroatoms. The summed E-state index contributed by atoms with van der Waals surface area (Å²) in [5.74, 6) is -4.81. The Kier molecular flexibility index (Phi) is 6.35. The summed E-state index contributed by atoms with van der Waals surface area (Å²) in [6.45, 7) is -0.310. The van der Waals surface area contributed by atoms with Gasteiger partial charge in [0, 0.05) is 18.5 Å². The van der Waals surface area contributed by atoms with E-state index >= 15 is 0 Å². The van der Waals surface area contributed by atoms with Gasteiger partial charge in [0.1, 0.15) is 6.54 Å². The van der Waals surface area contributed by atoms with Crippen LogP contribution in [0.25, 0.3) is 11.1 Å². The molecule has 7 nitrogen and oxygen atoms in total. The van der Waals surface area contributed by atoms with Crippen molar-refractivity contribution in [3.8, 4) is 11.1 Å². The molecule has 2 aliphatic rings. The van der Waals surface area contributed by atoms with Crippen LogP contribution in [0.1, 0.15) is 31.2 Å². The highest BCUT2D eigenvalue weighted by molar-refractivity contribution is 6.20. The van der Waals surface area contributed by atoms with Gasteiger partial charge in [-0.25, -0.2) is 0 Å². The van der Waals surface area contributed by atoms with E-state index in [1.165, 1.54) is 0 Å². The van der Waals surface area contributed by atoms with Crippen LogP contribution in [0, 0.1) is 11.8 Å². The second-order valence-corrected chi connectivity index (χ2v) is 8.43. The van der Waals surface area contributed by atoms with Gasteiger partial charge in [-0.1, -0.05) is 67.4 Å². The van der Waals surface area contributed by atoms with Crippen molar-refractivity contribution in [3.05, 3.63) is 60.2 Å². The lowest BCUT2D eigenvalue weighted by Gasteiger charge is -2.45. The van der Waals surface area contributed by atoms with Crippen LogP contribution in [0.3, 0.4) is 0 Å². The van der Waals surface area contributed by atoms with Gasteiger partial charge in [0.05, 0.1) is 0 Å². The van der Waals surface area contributed by atoms with Gasteiger partial charge >= 0.3 is 5.97 Å². The molecule has 2 amide bonds. The molecule has 4 rings (SSSR count). The van der Waals surface area contributed by atoms with Crippen molar-refractivity contribution >= 4 is 23.6 Å². The predicted molar refractivity (Wildman–Crippen MR) is 117 cm³/mol. The quantitative estimate of drug-likeness (QED) is 0.681. The first-order valence-corrected chi connectivity index (χ1v) is 10.9. The van der Waals surface area contributed by atoms with E-state index in [0.717, 1.165) is 36.0 Å². The van der Waals surface area contributed by atoms with Crippen molar-refractivity contribution in [2.75, 3.05) is 6.54 Å². The fourth-order valence-corrected chi connectivity index (χ4v) is 4.81. The fourth-order valence-electron chi connectivity index (χ4n) is 4.81. The number of rotatable bonds is 6. The van der Waals surface area contributed by atoms with Crippen LogP contribution in [0.4, 0.5) is 0 Å². The molecule has 0 aromatic heterocycles. The number of hydrogen-bond acceptors (Lipinski definition) is 4. The van der Waals surface area contributed by atoms with Crippen molar-refractivity contribution < 1.29 is 24.3 Å². The molecule has 0 bridgehead atoms. The Morgan fingerprint density at radius 3 is 2.28 bits per heavy atom. The van der Waals surface area contributed by atoms with Gasteiger partial charge in [0.25, 0.3) is 0 Å². The monoisotopic (exact) mass is 434 g/mol. The zero-order chi connectivity index (χ0) is 22.7. The first-order valence-electron chi connectivity index (χ1n) is 10.9. The number of benzene rings is 2. The first-order chi connectivity index (χ1) is 15.5. The molecular weight excluding hydrogens is 408 g/mol. The number of fused-ring (bicyclic) bond motifs is 1. The average Bonchev–Trinajstić information content (AvgIpc) is 2.81. The minimum Gasteiger partial charge on any atom is -0.480 e. The number of carboxylic acids is 1. The number of Topliss-reactive ketones (excluding diaryl/α,β-unsaturated/α-hetero) is 1. The van der Waals surface area contributed by atoms with Crippen molar-refractivity contribution in [1.29, 1.82) is 0 Å². The molecule has 166 valence electrons. The molecule has 1 unspecified atom stereocenters. The van der Waals surface area contributed by atoms with E-state index in [9.17, 15) is 19.2 Å². The summed E-state index contributed by atoms with van der Waals surface area (Å²) in [5.41, 5.74) is 3.08. The maximum atomic E-state index is 13.3. The highest BCUT2D eigenvalue weighted by Crippen LogP contribution is 2.37. The highest BCUT2D eigenvalue weighted by Gasteiger charge is 2.51. The van der Waals surface area contributed by atoms with E-state index in [0.29, 0.717) is 13.0 Å². The summed E-state index contributed by atoms with van der Waals surface area (Å²) < 4.78 is 0. The summed E-state index contributed by atoms with van der Waals surface area (Å²) in [5, 5.41) is 11.0. The number of carboxylic acid groups (broad SMARTS) is 1. The number of carbonyl (C=O) groups excluding carboxylic acids is 3. The Labute approximate surface area is 186 Å². The normalized spacial score (nSPS) is 22.9. The van der Waals surface area contributed by atoms with Crippen LogP contribution < -0.4 is 5.32 Å². The van der Waals surface area contributed by atoms with Crippen molar-refractivity contribution in [1.82, 2.24) is 10.2 Å². The number of nitrogens with one attached hydrogen (secondary N) is 1. The number of ketones is 1. The fraction of sp³-hybridized carbons (Fsp3) is 0.360. The molecule has 1 aliphatic heterocycles. The second-order valence-electron chi connectivity index (χ2n) is 8.43. The average molecular weight is 434 g/mol. The molecule has 1 saturated carbocycles. The van der Waals surface area contributed by atoms with E-state index < -0.39 is 30.2 Å². The Balaban J connectivity index is 1.56. The second kappa shape index (κ2) is 9.34. The number of hydrogen-bond donors (Lipinski definition) is 2. The number of piperidine rings is 1. The molecule has 2 aromatic carbocycles. The molecule has 1 saturated heterocycles. The number of carbonyl (C=O) groups is 4. The molecule has 2 N–H and O–H groups in total. The van der Waals surface area contributed by atoms with Crippen LogP contribution in [0.15, 0.2) is 54.6 Å². The van der Waals surface area contributed by atoms with Crippen molar-refractivity contribution in [2.45, 2.75) is 38.3 Å². The molecule has 1 aliphatic carbocycles. The van der Waals surface area contributed by atoms with Gasteiger partial charge in [-0.3, -0.25) is 19.2 Å². The number of aliphatic carboxylic acids is 1. The van der Waals surface area contributed by atoms with Crippen LogP contribution in [0.5, 0.6) is 0 Å². The van der Waals surface area contributed by atoms with Crippen LogP contribution in [0.2, 0.25) is 0 Å². The topological polar surface area (TPSA) is 104 Å². The summed E-state index contributed by atoms with van der Waals surface area (Å²) in [7, 11) is 0. The lowest BCUT2D eigenvalue weighted by Crippen LogP contribution is -2.61.